The Hall–Kier alpha value is -1.40. The maximum atomic E-state index is 12.5. The Morgan fingerprint density at radius 1 is 1.08 bits per heavy atom. The second-order valence-corrected chi connectivity index (χ2v) is 8.74. The average Bonchev–Trinajstić information content (AvgIpc) is 3.29. The summed E-state index contributed by atoms with van der Waals surface area (Å²) in [5.74, 6) is 0.279. The van der Waals surface area contributed by atoms with E-state index in [0.29, 0.717) is 24.8 Å². The van der Waals surface area contributed by atoms with E-state index in [0.717, 1.165) is 52.0 Å². The van der Waals surface area contributed by atoms with Crippen molar-refractivity contribution >= 4 is 23.2 Å². The predicted molar refractivity (Wildman–Crippen MR) is 98.4 cm³/mol. The number of nitrogens with one attached hydrogen (secondary N) is 1. The van der Waals surface area contributed by atoms with Gasteiger partial charge in [0, 0.05) is 50.4 Å². The zero-order valence-corrected chi connectivity index (χ0v) is 15.6. The quantitative estimate of drug-likeness (QED) is 0.896. The van der Waals surface area contributed by atoms with Gasteiger partial charge in [-0.25, -0.2) is 0 Å². The van der Waals surface area contributed by atoms with Crippen molar-refractivity contribution in [2.45, 2.75) is 45.1 Å². The molecule has 0 saturated carbocycles. The van der Waals surface area contributed by atoms with Crippen molar-refractivity contribution in [2.75, 3.05) is 32.7 Å². The van der Waals surface area contributed by atoms with Crippen LogP contribution in [-0.4, -0.2) is 54.3 Å². The summed E-state index contributed by atoms with van der Waals surface area (Å²) in [5.41, 5.74) is 1.71. The van der Waals surface area contributed by atoms with Gasteiger partial charge < -0.3 is 15.1 Å². The maximum absolute atomic E-state index is 12.5. The molecule has 3 aliphatic rings. The van der Waals surface area contributed by atoms with Gasteiger partial charge in [-0.1, -0.05) is 0 Å². The summed E-state index contributed by atoms with van der Waals surface area (Å²) in [5, 5.41) is 5.56. The summed E-state index contributed by atoms with van der Waals surface area (Å²) < 4.78 is 0. The number of hydrogen-bond acceptors (Lipinski definition) is 4. The van der Waals surface area contributed by atoms with E-state index in [1.807, 2.05) is 9.80 Å². The number of carbonyl (C=O) groups is 2. The van der Waals surface area contributed by atoms with Crippen LogP contribution in [0.25, 0.3) is 0 Å². The number of thiophene rings is 1. The minimum atomic E-state index is 0.124. The Labute approximate surface area is 153 Å². The van der Waals surface area contributed by atoms with Gasteiger partial charge in [-0.2, -0.15) is 0 Å². The fourth-order valence-electron chi connectivity index (χ4n) is 4.44. The summed E-state index contributed by atoms with van der Waals surface area (Å²) in [6.07, 6.45) is 5.11. The van der Waals surface area contributed by atoms with Crippen LogP contribution in [0.1, 0.15) is 42.5 Å². The summed E-state index contributed by atoms with van der Waals surface area (Å²) >= 11 is 1.78. The van der Waals surface area contributed by atoms with Gasteiger partial charge in [0.25, 0.3) is 0 Å². The molecular weight excluding hydrogens is 334 g/mol. The molecule has 1 aromatic rings. The third kappa shape index (κ3) is 3.60. The highest BCUT2D eigenvalue weighted by atomic mass is 32.1. The average molecular weight is 362 g/mol. The number of fused-ring (bicyclic) bond motifs is 1. The second kappa shape index (κ2) is 7.08. The van der Waals surface area contributed by atoms with Gasteiger partial charge >= 0.3 is 0 Å². The first-order chi connectivity index (χ1) is 12.2. The molecule has 6 heteroatoms. The molecule has 4 heterocycles. The Balaban J connectivity index is 1.23. The molecule has 0 aliphatic carbocycles. The molecule has 1 N–H and O–H groups in total. The van der Waals surface area contributed by atoms with Gasteiger partial charge in [0.05, 0.1) is 0 Å². The van der Waals surface area contributed by atoms with Crippen molar-refractivity contribution in [3.63, 3.8) is 0 Å². The summed E-state index contributed by atoms with van der Waals surface area (Å²) in [4.78, 5) is 30.3. The number of piperidine rings is 1. The summed E-state index contributed by atoms with van der Waals surface area (Å²) in [7, 11) is 0. The molecule has 5 nitrogen and oxygen atoms in total. The Morgan fingerprint density at radius 2 is 1.84 bits per heavy atom. The SMILES string of the molecule is O=C(CCC(=O)N1CCc2sccc2C1)N1CCC2(CCNC2)CC1. The van der Waals surface area contributed by atoms with Gasteiger partial charge in [0.1, 0.15) is 0 Å². The lowest BCUT2D eigenvalue weighted by Gasteiger charge is -2.39. The molecule has 25 heavy (non-hydrogen) atoms. The van der Waals surface area contributed by atoms with E-state index in [1.54, 1.807) is 11.3 Å². The van der Waals surface area contributed by atoms with Crippen LogP contribution in [0.3, 0.4) is 0 Å². The molecule has 2 fully saturated rings. The fraction of sp³-hybridized carbons (Fsp3) is 0.684. The minimum absolute atomic E-state index is 0.124. The maximum Gasteiger partial charge on any atom is 0.223 e. The number of carbonyl (C=O) groups excluding carboxylic acids is 2. The third-order valence-corrected chi connectivity index (χ3v) is 7.25. The first-order valence-electron chi connectivity index (χ1n) is 9.47. The highest BCUT2D eigenvalue weighted by molar-refractivity contribution is 7.10. The normalized spacial score (nSPS) is 22.2. The zero-order valence-electron chi connectivity index (χ0n) is 14.8. The molecule has 1 spiro atoms. The largest absolute Gasteiger partial charge is 0.343 e. The fourth-order valence-corrected chi connectivity index (χ4v) is 5.33. The summed E-state index contributed by atoms with van der Waals surface area (Å²) in [6.45, 7) is 5.44. The van der Waals surface area contributed by atoms with Crippen molar-refractivity contribution < 1.29 is 9.59 Å². The van der Waals surface area contributed by atoms with Crippen molar-refractivity contribution in [1.82, 2.24) is 15.1 Å². The van der Waals surface area contributed by atoms with Crippen LogP contribution in [0.5, 0.6) is 0 Å². The van der Waals surface area contributed by atoms with Gasteiger partial charge in [-0.3, -0.25) is 9.59 Å². The smallest absolute Gasteiger partial charge is 0.223 e. The highest BCUT2D eigenvalue weighted by Crippen LogP contribution is 2.37. The number of likely N-dealkylation sites (tertiary alicyclic amines) is 1. The molecule has 0 aromatic carbocycles. The van der Waals surface area contributed by atoms with E-state index in [-0.39, 0.29) is 11.8 Å². The molecule has 0 atom stereocenters. The molecular formula is C19H27N3O2S. The molecule has 0 unspecified atom stereocenters. The van der Waals surface area contributed by atoms with E-state index in [4.69, 9.17) is 0 Å². The van der Waals surface area contributed by atoms with Gasteiger partial charge in [-0.15, -0.1) is 11.3 Å². The molecule has 3 aliphatic heterocycles. The van der Waals surface area contributed by atoms with E-state index in [1.165, 1.54) is 16.9 Å². The number of amides is 2. The predicted octanol–water partition coefficient (Wildman–Crippen LogP) is 2.02. The molecule has 4 rings (SSSR count). The topological polar surface area (TPSA) is 52.7 Å². The molecule has 0 radical (unpaired) electrons. The Bertz CT molecular complexity index is 641. The zero-order chi connectivity index (χ0) is 17.3. The monoisotopic (exact) mass is 361 g/mol. The van der Waals surface area contributed by atoms with Gasteiger partial charge in [0.15, 0.2) is 0 Å². The molecule has 0 bridgehead atoms. The van der Waals surface area contributed by atoms with Crippen molar-refractivity contribution in [3.05, 3.63) is 21.9 Å². The lowest BCUT2D eigenvalue weighted by atomic mass is 9.78. The Morgan fingerprint density at radius 3 is 2.56 bits per heavy atom. The van der Waals surface area contributed by atoms with Crippen LogP contribution in [0, 0.1) is 5.41 Å². The van der Waals surface area contributed by atoms with Crippen LogP contribution in [0.2, 0.25) is 0 Å². The highest BCUT2D eigenvalue weighted by Gasteiger charge is 2.38. The van der Waals surface area contributed by atoms with Gasteiger partial charge in [-0.05, 0) is 54.7 Å². The Kier molecular flexibility index (Phi) is 4.82. The van der Waals surface area contributed by atoms with Crippen LogP contribution >= 0.6 is 11.3 Å². The van der Waals surface area contributed by atoms with Gasteiger partial charge in [0.2, 0.25) is 11.8 Å². The minimum Gasteiger partial charge on any atom is -0.343 e. The van der Waals surface area contributed by atoms with Crippen molar-refractivity contribution in [1.29, 1.82) is 0 Å². The van der Waals surface area contributed by atoms with E-state index in [2.05, 4.69) is 16.8 Å². The number of rotatable bonds is 3. The summed E-state index contributed by atoms with van der Waals surface area (Å²) in [6, 6.07) is 2.12. The van der Waals surface area contributed by atoms with Crippen molar-refractivity contribution in [3.8, 4) is 0 Å². The van der Waals surface area contributed by atoms with Crippen molar-refractivity contribution in [2.24, 2.45) is 5.41 Å². The third-order valence-electron chi connectivity index (χ3n) is 6.22. The second-order valence-electron chi connectivity index (χ2n) is 7.74. The lowest BCUT2D eigenvalue weighted by molar-refractivity contribution is -0.138. The molecule has 2 amide bonds. The van der Waals surface area contributed by atoms with E-state index in [9.17, 15) is 9.59 Å². The van der Waals surface area contributed by atoms with Crippen LogP contribution in [0.15, 0.2) is 11.4 Å². The first-order valence-corrected chi connectivity index (χ1v) is 10.3. The van der Waals surface area contributed by atoms with Crippen LogP contribution in [-0.2, 0) is 22.6 Å². The van der Waals surface area contributed by atoms with E-state index >= 15 is 0 Å². The molecule has 1 aromatic heterocycles. The van der Waals surface area contributed by atoms with Crippen LogP contribution < -0.4 is 5.32 Å². The number of hydrogen-bond donors (Lipinski definition) is 1. The standard InChI is InChI=1S/C19H27N3O2S/c23-17(21-10-6-19(7-11-21)5-8-20-14-19)1-2-18(24)22-9-3-16-15(13-22)4-12-25-16/h4,12,20H,1-3,5-11,13-14H2. The van der Waals surface area contributed by atoms with Crippen LogP contribution in [0.4, 0.5) is 0 Å². The molecule has 2 saturated heterocycles. The number of nitrogens with zero attached hydrogens (tertiary/aromatic N) is 2. The van der Waals surface area contributed by atoms with E-state index < -0.39 is 0 Å². The lowest BCUT2D eigenvalue weighted by Crippen LogP contribution is -2.44. The first kappa shape index (κ1) is 17.0. The molecule has 136 valence electrons.